The molecule has 1 aliphatic heterocycles. The molecule has 1 atom stereocenters. The molecule has 2 rings (SSSR count). The topological polar surface area (TPSA) is 29.3 Å². The predicted octanol–water partition coefficient (Wildman–Crippen LogP) is 3.23. The summed E-state index contributed by atoms with van der Waals surface area (Å²) in [5.74, 6) is -1.05. The van der Waals surface area contributed by atoms with Gasteiger partial charge in [0.2, 0.25) is 0 Å². The Labute approximate surface area is 113 Å². The van der Waals surface area contributed by atoms with E-state index in [1.807, 2.05) is 0 Å². The average molecular weight is 268 g/mol. The zero-order valence-corrected chi connectivity index (χ0v) is 11.2. The second-order valence-corrected chi connectivity index (χ2v) is 5.26. The van der Waals surface area contributed by atoms with E-state index >= 15 is 0 Å². The van der Waals surface area contributed by atoms with Gasteiger partial charge < -0.3 is 5.73 Å². The van der Waals surface area contributed by atoms with Crippen LogP contribution in [0.15, 0.2) is 18.2 Å². The monoisotopic (exact) mass is 268 g/mol. The normalized spacial score (nSPS) is 19.7. The number of nitrogens with zero attached hydrogens (tertiary/aromatic N) is 1. The fraction of sp³-hybridized carbons (Fsp3) is 0.600. The van der Waals surface area contributed by atoms with Gasteiger partial charge in [-0.25, -0.2) is 8.78 Å². The highest BCUT2D eigenvalue weighted by molar-refractivity contribution is 5.22. The first-order valence-electron chi connectivity index (χ1n) is 7.11. The van der Waals surface area contributed by atoms with E-state index in [9.17, 15) is 8.78 Å². The summed E-state index contributed by atoms with van der Waals surface area (Å²) >= 11 is 0. The number of benzene rings is 1. The van der Waals surface area contributed by atoms with Crippen LogP contribution in [-0.4, -0.2) is 24.5 Å². The van der Waals surface area contributed by atoms with E-state index < -0.39 is 11.6 Å². The summed E-state index contributed by atoms with van der Waals surface area (Å²) in [5, 5.41) is 0. The van der Waals surface area contributed by atoms with Crippen LogP contribution in [-0.2, 0) is 0 Å². The molecule has 1 aliphatic rings. The molecule has 0 spiro atoms. The fourth-order valence-corrected chi connectivity index (χ4v) is 2.85. The Balaban J connectivity index is 2.16. The van der Waals surface area contributed by atoms with E-state index in [4.69, 9.17) is 5.73 Å². The van der Waals surface area contributed by atoms with Crippen LogP contribution in [0, 0.1) is 11.6 Å². The Morgan fingerprint density at radius 1 is 0.947 bits per heavy atom. The van der Waals surface area contributed by atoms with Gasteiger partial charge in [-0.05, 0) is 43.6 Å². The standard InChI is InChI=1S/C15H22F2N2/c16-13-8-12(9-14(17)10-13)15(11-18)19-6-4-2-1-3-5-7-19/h8-10,15H,1-7,11,18H2. The molecular weight excluding hydrogens is 246 g/mol. The second kappa shape index (κ2) is 6.96. The maximum absolute atomic E-state index is 13.3. The molecule has 1 saturated heterocycles. The first kappa shape index (κ1) is 14.4. The first-order chi connectivity index (χ1) is 9.20. The SMILES string of the molecule is NCC(c1cc(F)cc(F)c1)N1CCCCCCC1. The Kier molecular flexibility index (Phi) is 5.28. The maximum Gasteiger partial charge on any atom is 0.126 e. The van der Waals surface area contributed by atoms with Crippen LogP contribution in [0.5, 0.6) is 0 Å². The second-order valence-electron chi connectivity index (χ2n) is 5.26. The van der Waals surface area contributed by atoms with Gasteiger partial charge in [0.1, 0.15) is 11.6 Å². The average Bonchev–Trinajstić information content (AvgIpc) is 2.31. The van der Waals surface area contributed by atoms with Gasteiger partial charge in [-0.1, -0.05) is 19.3 Å². The molecule has 19 heavy (non-hydrogen) atoms. The number of halogens is 2. The molecule has 1 aromatic carbocycles. The molecule has 0 aromatic heterocycles. The molecular formula is C15H22F2N2. The molecule has 0 amide bonds. The van der Waals surface area contributed by atoms with Crippen molar-refractivity contribution in [2.45, 2.75) is 38.1 Å². The quantitative estimate of drug-likeness (QED) is 0.912. The maximum atomic E-state index is 13.3. The lowest BCUT2D eigenvalue weighted by atomic mass is 10.0. The van der Waals surface area contributed by atoms with E-state index in [1.54, 1.807) is 0 Å². The summed E-state index contributed by atoms with van der Waals surface area (Å²) in [5.41, 5.74) is 6.49. The predicted molar refractivity (Wildman–Crippen MR) is 72.8 cm³/mol. The highest BCUT2D eigenvalue weighted by Gasteiger charge is 2.20. The summed E-state index contributed by atoms with van der Waals surface area (Å²) in [6.45, 7) is 2.31. The van der Waals surface area contributed by atoms with Crippen molar-refractivity contribution in [2.75, 3.05) is 19.6 Å². The molecule has 1 aromatic rings. The zero-order chi connectivity index (χ0) is 13.7. The lowest BCUT2D eigenvalue weighted by molar-refractivity contribution is 0.183. The third kappa shape index (κ3) is 3.98. The first-order valence-corrected chi connectivity index (χ1v) is 7.11. The minimum atomic E-state index is -0.527. The molecule has 0 aliphatic carbocycles. The number of nitrogens with two attached hydrogens (primary N) is 1. The van der Waals surface area contributed by atoms with Crippen molar-refractivity contribution in [3.63, 3.8) is 0 Å². The van der Waals surface area contributed by atoms with E-state index in [1.165, 1.54) is 31.4 Å². The van der Waals surface area contributed by atoms with Crippen LogP contribution in [0.4, 0.5) is 8.78 Å². The number of rotatable bonds is 3. The van der Waals surface area contributed by atoms with Crippen molar-refractivity contribution in [1.29, 1.82) is 0 Å². The molecule has 2 N–H and O–H groups in total. The smallest absolute Gasteiger partial charge is 0.126 e. The Morgan fingerprint density at radius 3 is 2.00 bits per heavy atom. The van der Waals surface area contributed by atoms with Gasteiger partial charge >= 0.3 is 0 Å². The van der Waals surface area contributed by atoms with Crippen molar-refractivity contribution >= 4 is 0 Å². The summed E-state index contributed by atoms with van der Waals surface area (Å²) in [6.07, 6.45) is 6.01. The van der Waals surface area contributed by atoms with E-state index in [-0.39, 0.29) is 6.04 Å². The third-order valence-electron chi connectivity index (χ3n) is 3.82. The highest BCUT2D eigenvalue weighted by atomic mass is 19.1. The van der Waals surface area contributed by atoms with Crippen LogP contribution in [0.25, 0.3) is 0 Å². The van der Waals surface area contributed by atoms with Crippen molar-refractivity contribution in [2.24, 2.45) is 5.73 Å². The van der Waals surface area contributed by atoms with Gasteiger partial charge in [-0.3, -0.25) is 4.90 Å². The van der Waals surface area contributed by atoms with Crippen molar-refractivity contribution in [3.8, 4) is 0 Å². The van der Waals surface area contributed by atoms with Crippen LogP contribution in [0.2, 0.25) is 0 Å². The van der Waals surface area contributed by atoms with Gasteiger partial charge in [-0.2, -0.15) is 0 Å². The molecule has 0 saturated carbocycles. The Bertz CT molecular complexity index is 381. The van der Waals surface area contributed by atoms with Crippen LogP contribution >= 0.6 is 0 Å². The van der Waals surface area contributed by atoms with Crippen LogP contribution in [0.3, 0.4) is 0 Å². The zero-order valence-electron chi connectivity index (χ0n) is 11.2. The van der Waals surface area contributed by atoms with Gasteiger partial charge in [-0.15, -0.1) is 0 Å². The van der Waals surface area contributed by atoms with Gasteiger partial charge in [0.05, 0.1) is 0 Å². The lowest BCUT2D eigenvalue weighted by Crippen LogP contribution is -2.36. The van der Waals surface area contributed by atoms with Crippen molar-refractivity contribution < 1.29 is 8.78 Å². The highest BCUT2D eigenvalue weighted by Crippen LogP contribution is 2.24. The van der Waals surface area contributed by atoms with Gasteiger partial charge in [0.25, 0.3) is 0 Å². The Morgan fingerprint density at radius 2 is 1.47 bits per heavy atom. The Hall–Kier alpha value is -1.00. The van der Waals surface area contributed by atoms with E-state index in [2.05, 4.69) is 4.90 Å². The van der Waals surface area contributed by atoms with E-state index in [0.29, 0.717) is 12.1 Å². The molecule has 106 valence electrons. The van der Waals surface area contributed by atoms with Gasteiger partial charge in [0, 0.05) is 18.7 Å². The number of hydrogen-bond acceptors (Lipinski definition) is 2. The fourth-order valence-electron chi connectivity index (χ4n) is 2.85. The lowest BCUT2D eigenvalue weighted by Gasteiger charge is -2.32. The molecule has 2 nitrogen and oxygen atoms in total. The largest absolute Gasteiger partial charge is 0.329 e. The molecule has 0 radical (unpaired) electrons. The summed E-state index contributed by atoms with van der Waals surface area (Å²) in [6, 6.07) is 3.63. The molecule has 1 heterocycles. The minimum absolute atomic E-state index is 0.0803. The molecule has 1 fully saturated rings. The number of likely N-dealkylation sites (tertiary alicyclic amines) is 1. The van der Waals surface area contributed by atoms with Crippen molar-refractivity contribution in [1.82, 2.24) is 4.90 Å². The third-order valence-corrected chi connectivity index (χ3v) is 3.82. The van der Waals surface area contributed by atoms with Crippen molar-refractivity contribution in [3.05, 3.63) is 35.4 Å². The molecule has 0 bridgehead atoms. The summed E-state index contributed by atoms with van der Waals surface area (Å²) in [7, 11) is 0. The van der Waals surface area contributed by atoms with Gasteiger partial charge in [0.15, 0.2) is 0 Å². The molecule has 4 heteroatoms. The van der Waals surface area contributed by atoms with E-state index in [0.717, 1.165) is 32.0 Å². The summed E-state index contributed by atoms with van der Waals surface area (Å²) in [4.78, 5) is 2.27. The van der Waals surface area contributed by atoms with Crippen LogP contribution < -0.4 is 5.73 Å². The minimum Gasteiger partial charge on any atom is -0.329 e. The summed E-state index contributed by atoms with van der Waals surface area (Å²) < 4.78 is 26.7. The molecule has 1 unspecified atom stereocenters. The number of hydrogen-bond donors (Lipinski definition) is 1. The van der Waals surface area contributed by atoms with Crippen LogP contribution in [0.1, 0.15) is 43.7 Å².